The summed E-state index contributed by atoms with van der Waals surface area (Å²) in [6.45, 7) is 4.44. The summed E-state index contributed by atoms with van der Waals surface area (Å²) >= 11 is 6.47. The fourth-order valence-electron chi connectivity index (χ4n) is 2.30. The van der Waals surface area contributed by atoms with Gasteiger partial charge in [0.1, 0.15) is 0 Å². The third-order valence-electron chi connectivity index (χ3n) is 3.59. The maximum absolute atomic E-state index is 6.47. The molecule has 0 N–H and O–H groups in total. The lowest BCUT2D eigenvalue weighted by molar-refractivity contribution is 0.705. The Morgan fingerprint density at radius 1 is 1.19 bits per heavy atom. The monoisotopic (exact) mass is 236 g/mol. The Kier molecular flexibility index (Phi) is 3.91. The van der Waals surface area contributed by atoms with E-state index in [1.165, 1.54) is 29.5 Å². The molecule has 0 aliphatic heterocycles. The Hall–Kier alpha value is -0.490. The van der Waals surface area contributed by atoms with Gasteiger partial charge < -0.3 is 0 Å². The van der Waals surface area contributed by atoms with Gasteiger partial charge in [-0.2, -0.15) is 0 Å². The van der Waals surface area contributed by atoms with E-state index in [0.717, 1.165) is 25.2 Å². The molecule has 2 rings (SSSR count). The van der Waals surface area contributed by atoms with Crippen LogP contribution in [0.15, 0.2) is 18.2 Å². The molecule has 1 aromatic rings. The number of rotatable bonds is 5. The summed E-state index contributed by atoms with van der Waals surface area (Å²) in [5.41, 5.74) is 4.27. The third-order valence-corrected chi connectivity index (χ3v) is 4.02. The van der Waals surface area contributed by atoms with Crippen LogP contribution in [0.3, 0.4) is 0 Å². The lowest BCUT2D eigenvalue weighted by Crippen LogP contribution is -1.97. The van der Waals surface area contributed by atoms with Crippen molar-refractivity contribution in [2.45, 2.75) is 51.3 Å². The van der Waals surface area contributed by atoms with E-state index >= 15 is 0 Å². The molecule has 0 heterocycles. The van der Waals surface area contributed by atoms with Crippen molar-refractivity contribution in [1.29, 1.82) is 0 Å². The van der Waals surface area contributed by atoms with Gasteiger partial charge in [-0.25, -0.2) is 0 Å². The Morgan fingerprint density at radius 2 is 1.88 bits per heavy atom. The number of benzene rings is 1. The molecule has 1 heteroatoms. The summed E-state index contributed by atoms with van der Waals surface area (Å²) < 4.78 is 0. The maximum atomic E-state index is 6.47. The number of hydrogen-bond acceptors (Lipinski definition) is 0. The van der Waals surface area contributed by atoms with E-state index in [-0.39, 0.29) is 5.38 Å². The molecule has 0 radical (unpaired) electrons. The highest BCUT2D eigenvalue weighted by Gasteiger charge is 2.25. The highest BCUT2D eigenvalue weighted by Crippen LogP contribution is 2.40. The van der Waals surface area contributed by atoms with E-state index in [1.807, 2.05) is 0 Å². The maximum Gasteiger partial charge on any atom is 0.0588 e. The van der Waals surface area contributed by atoms with Crippen LogP contribution in [0, 0.1) is 5.92 Å². The third kappa shape index (κ3) is 2.79. The minimum atomic E-state index is 0.226. The van der Waals surface area contributed by atoms with Crippen LogP contribution in [0.25, 0.3) is 0 Å². The summed E-state index contributed by atoms with van der Waals surface area (Å²) in [6, 6.07) is 6.80. The summed E-state index contributed by atoms with van der Waals surface area (Å²) in [7, 11) is 0. The highest BCUT2D eigenvalue weighted by atomic mass is 35.5. The van der Waals surface area contributed by atoms with Crippen molar-refractivity contribution in [3.63, 3.8) is 0 Å². The Bertz CT molecular complexity index is 352. The van der Waals surface area contributed by atoms with Crippen molar-refractivity contribution < 1.29 is 0 Å². The van der Waals surface area contributed by atoms with Crippen molar-refractivity contribution >= 4 is 11.6 Å². The van der Waals surface area contributed by atoms with Gasteiger partial charge in [-0.1, -0.05) is 44.9 Å². The van der Waals surface area contributed by atoms with Gasteiger partial charge in [-0.05, 0) is 41.9 Å². The first kappa shape index (κ1) is 12.0. The van der Waals surface area contributed by atoms with Gasteiger partial charge in [0.25, 0.3) is 0 Å². The first-order chi connectivity index (χ1) is 7.74. The van der Waals surface area contributed by atoms with Crippen LogP contribution in [0.1, 0.15) is 55.2 Å². The van der Waals surface area contributed by atoms with Gasteiger partial charge in [-0.15, -0.1) is 11.6 Å². The second-order valence-corrected chi connectivity index (χ2v) is 5.41. The van der Waals surface area contributed by atoms with Crippen molar-refractivity contribution in [3.05, 3.63) is 34.9 Å². The number of hydrogen-bond donors (Lipinski definition) is 0. The molecule has 1 aliphatic carbocycles. The molecule has 0 bridgehead atoms. The molecule has 1 aliphatic rings. The van der Waals surface area contributed by atoms with Crippen LogP contribution in [0.5, 0.6) is 0 Å². The predicted octanol–water partition coefficient (Wildman–Crippen LogP) is 4.89. The van der Waals surface area contributed by atoms with E-state index in [2.05, 4.69) is 32.0 Å². The SMILES string of the molecule is CCc1ccc(C(Cl)CC2CC2)cc1CC. The van der Waals surface area contributed by atoms with Gasteiger partial charge in [-0.3, -0.25) is 0 Å². The Balaban J connectivity index is 2.13. The molecule has 0 amide bonds. The van der Waals surface area contributed by atoms with Crippen LogP contribution < -0.4 is 0 Å². The van der Waals surface area contributed by atoms with Crippen LogP contribution in [-0.2, 0) is 12.8 Å². The van der Waals surface area contributed by atoms with Gasteiger partial charge in [0.15, 0.2) is 0 Å². The molecule has 1 aromatic carbocycles. The molecule has 1 atom stereocenters. The molecule has 0 saturated heterocycles. The lowest BCUT2D eigenvalue weighted by atomic mass is 9.97. The van der Waals surface area contributed by atoms with Crippen molar-refractivity contribution in [2.24, 2.45) is 5.92 Å². The second kappa shape index (κ2) is 5.23. The largest absolute Gasteiger partial charge is 0.118 e. The quantitative estimate of drug-likeness (QED) is 0.639. The molecule has 0 aromatic heterocycles. The second-order valence-electron chi connectivity index (χ2n) is 4.88. The zero-order valence-electron chi connectivity index (χ0n) is 10.3. The molecule has 0 spiro atoms. The fourth-order valence-corrected chi connectivity index (χ4v) is 2.68. The van der Waals surface area contributed by atoms with Gasteiger partial charge in [0, 0.05) is 0 Å². The molecular formula is C15H21Cl. The minimum absolute atomic E-state index is 0.226. The summed E-state index contributed by atoms with van der Waals surface area (Å²) in [5.74, 6) is 0.901. The zero-order valence-corrected chi connectivity index (χ0v) is 11.1. The molecule has 0 nitrogen and oxygen atoms in total. The van der Waals surface area contributed by atoms with Crippen LogP contribution in [0.2, 0.25) is 0 Å². The van der Waals surface area contributed by atoms with E-state index in [0.29, 0.717) is 0 Å². The number of aryl methyl sites for hydroxylation is 2. The molecule has 1 saturated carbocycles. The van der Waals surface area contributed by atoms with Crippen molar-refractivity contribution in [2.75, 3.05) is 0 Å². The average Bonchev–Trinajstić information content (AvgIpc) is 3.11. The Morgan fingerprint density at radius 3 is 2.44 bits per heavy atom. The van der Waals surface area contributed by atoms with Crippen molar-refractivity contribution in [3.8, 4) is 0 Å². The predicted molar refractivity (Wildman–Crippen MR) is 71.1 cm³/mol. The van der Waals surface area contributed by atoms with E-state index < -0.39 is 0 Å². The first-order valence-corrected chi connectivity index (χ1v) is 6.94. The van der Waals surface area contributed by atoms with E-state index in [9.17, 15) is 0 Å². The fraction of sp³-hybridized carbons (Fsp3) is 0.600. The minimum Gasteiger partial charge on any atom is -0.118 e. The number of halogens is 1. The summed E-state index contributed by atoms with van der Waals surface area (Å²) in [4.78, 5) is 0. The Labute approximate surface area is 104 Å². The topological polar surface area (TPSA) is 0 Å². The highest BCUT2D eigenvalue weighted by molar-refractivity contribution is 6.20. The van der Waals surface area contributed by atoms with Crippen molar-refractivity contribution in [1.82, 2.24) is 0 Å². The van der Waals surface area contributed by atoms with Gasteiger partial charge >= 0.3 is 0 Å². The van der Waals surface area contributed by atoms with Crippen LogP contribution in [-0.4, -0.2) is 0 Å². The molecule has 1 fully saturated rings. The van der Waals surface area contributed by atoms with Crippen LogP contribution in [0.4, 0.5) is 0 Å². The average molecular weight is 237 g/mol. The number of alkyl halides is 1. The summed E-state index contributed by atoms with van der Waals surface area (Å²) in [6.07, 6.45) is 6.17. The molecule has 88 valence electrons. The normalized spacial score (nSPS) is 17.4. The summed E-state index contributed by atoms with van der Waals surface area (Å²) in [5, 5.41) is 0.226. The van der Waals surface area contributed by atoms with E-state index in [4.69, 9.17) is 11.6 Å². The zero-order chi connectivity index (χ0) is 11.5. The molecule has 16 heavy (non-hydrogen) atoms. The van der Waals surface area contributed by atoms with Crippen LogP contribution >= 0.6 is 11.6 Å². The smallest absolute Gasteiger partial charge is 0.0588 e. The molecular weight excluding hydrogens is 216 g/mol. The standard InChI is InChI=1S/C15H21Cl/c1-3-12-7-8-14(10-13(12)4-2)15(16)9-11-5-6-11/h7-8,10-11,15H,3-6,9H2,1-2H3. The van der Waals surface area contributed by atoms with Gasteiger partial charge in [0.2, 0.25) is 0 Å². The first-order valence-electron chi connectivity index (χ1n) is 6.50. The van der Waals surface area contributed by atoms with Gasteiger partial charge in [0.05, 0.1) is 5.38 Å². The molecule has 1 unspecified atom stereocenters. The lowest BCUT2D eigenvalue weighted by Gasteiger charge is -2.13. The van der Waals surface area contributed by atoms with E-state index in [1.54, 1.807) is 0 Å².